The summed E-state index contributed by atoms with van der Waals surface area (Å²) in [4.78, 5) is 13.4. The predicted octanol–water partition coefficient (Wildman–Crippen LogP) is 6.65. The fourth-order valence-corrected chi connectivity index (χ4v) is 6.75. The number of anilines is 2. The molecule has 1 unspecified atom stereocenters. The minimum atomic E-state index is 0.0976. The second kappa shape index (κ2) is 6.05. The van der Waals surface area contributed by atoms with E-state index in [1.54, 1.807) is 22.7 Å². The van der Waals surface area contributed by atoms with Crippen LogP contribution in [0.3, 0.4) is 0 Å². The van der Waals surface area contributed by atoms with Crippen LogP contribution in [0.25, 0.3) is 20.4 Å². The average molecular weight is 403 g/mol. The Bertz CT molecular complexity index is 1220. The highest BCUT2D eigenvalue weighted by Crippen LogP contribution is 2.56. The van der Waals surface area contributed by atoms with Gasteiger partial charge in [0.15, 0.2) is 5.13 Å². The topological polar surface area (TPSA) is 29.0 Å². The Labute approximate surface area is 168 Å². The molecule has 0 N–H and O–H groups in total. The molecular formula is C21H12N3S3. The van der Waals surface area contributed by atoms with Crippen LogP contribution in [0, 0.1) is 6.07 Å². The van der Waals surface area contributed by atoms with Crippen LogP contribution in [-0.4, -0.2) is 9.97 Å². The maximum Gasteiger partial charge on any atom is 0.192 e. The number of aromatic nitrogens is 2. The van der Waals surface area contributed by atoms with E-state index in [1.165, 1.54) is 15.3 Å². The summed E-state index contributed by atoms with van der Waals surface area (Å²) in [7, 11) is 0. The SMILES string of the molecule is [c]1cccc2sc(N3c4ccccc4SC3c3nc4ccccc4s3)nc12. The third kappa shape index (κ3) is 2.48. The summed E-state index contributed by atoms with van der Waals surface area (Å²) in [6, 6.07) is 26.2. The summed E-state index contributed by atoms with van der Waals surface area (Å²) >= 11 is 5.32. The van der Waals surface area contributed by atoms with Crippen molar-refractivity contribution >= 4 is 65.7 Å². The van der Waals surface area contributed by atoms with Crippen LogP contribution in [0.1, 0.15) is 10.4 Å². The Kier molecular flexibility index (Phi) is 3.50. The largest absolute Gasteiger partial charge is 0.297 e. The molecule has 1 atom stereocenters. The van der Waals surface area contributed by atoms with Gasteiger partial charge in [0, 0.05) is 11.0 Å². The Hall–Kier alpha value is -2.41. The van der Waals surface area contributed by atoms with Crippen LogP contribution >= 0.6 is 34.4 Å². The number of rotatable bonds is 2. The fourth-order valence-electron chi connectivity index (χ4n) is 3.32. The van der Waals surface area contributed by atoms with E-state index in [-0.39, 0.29) is 5.37 Å². The number of thioether (sulfide) groups is 1. The molecule has 129 valence electrons. The summed E-state index contributed by atoms with van der Waals surface area (Å²) in [6.45, 7) is 0. The minimum absolute atomic E-state index is 0.0976. The van der Waals surface area contributed by atoms with Gasteiger partial charge in [0.05, 0.1) is 26.1 Å². The molecule has 6 rings (SSSR count). The monoisotopic (exact) mass is 402 g/mol. The second-order valence-corrected chi connectivity index (χ2v) is 9.40. The summed E-state index contributed by atoms with van der Waals surface area (Å²) in [5.41, 5.74) is 3.19. The van der Waals surface area contributed by atoms with E-state index in [0.717, 1.165) is 25.9 Å². The van der Waals surface area contributed by atoms with E-state index >= 15 is 0 Å². The van der Waals surface area contributed by atoms with E-state index in [0.29, 0.717) is 0 Å². The van der Waals surface area contributed by atoms with E-state index in [2.05, 4.69) is 59.5 Å². The zero-order valence-corrected chi connectivity index (χ0v) is 16.4. The smallest absolute Gasteiger partial charge is 0.192 e. The first-order valence-electron chi connectivity index (χ1n) is 8.54. The lowest BCUT2D eigenvalue weighted by atomic mass is 10.3. The van der Waals surface area contributed by atoms with Gasteiger partial charge < -0.3 is 0 Å². The Morgan fingerprint density at radius 2 is 1.70 bits per heavy atom. The first kappa shape index (κ1) is 15.6. The standard InChI is InChI=1S/C21H12N3S3/c1-4-10-16-13(7-1)22-19(25-16)20-24(15-9-3-6-12-18(15)26-20)21-23-14-8-2-5-11-17(14)27-21/h1-7,9-12,20H. The third-order valence-electron chi connectivity index (χ3n) is 4.53. The van der Waals surface area contributed by atoms with Gasteiger partial charge in [-0.2, -0.15) is 0 Å². The molecule has 0 amide bonds. The zero-order valence-electron chi connectivity index (χ0n) is 14.0. The quantitative estimate of drug-likeness (QED) is 0.331. The van der Waals surface area contributed by atoms with Crippen molar-refractivity contribution in [2.24, 2.45) is 0 Å². The average Bonchev–Trinajstić information content (AvgIpc) is 3.40. The predicted molar refractivity (Wildman–Crippen MR) is 115 cm³/mol. The van der Waals surface area contributed by atoms with Gasteiger partial charge in [-0.1, -0.05) is 59.5 Å². The van der Waals surface area contributed by atoms with Gasteiger partial charge >= 0.3 is 0 Å². The van der Waals surface area contributed by atoms with Crippen LogP contribution in [0.15, 0.2) is 71.6 Å². The number of thiazole rings is 2. The number of benzene rings is 3. The molecule has 0 spiro atoms. The lowest BCUT2D eigenvalue weighted by molar-refractivity contribution is 0.947. The lowest BCUT2D eigenvalue weighted by Crippen LogP contribution is -2.16. The molecule has 6 heteroatoms. The van der Waals surface area contributed by atoms with Gasteiger partial charge in [-0.3, -0.25) is 4.90 Å². The highest BCUT2D eigenvalue weighted by molar-refractivity contribution is 8.00. The van der Waals surface area contributed by atoms with Crippen molar-refractivity contribution in [2.45, 2.75) is 10.3 Å². The van der Waals surface area contributed by atoms with Gasteiger partial charge in [-0.15, -0.1) is 11.3 Å². The first-order valence-corrected chi connectivity index (χ1v) is 11.1. The first-order chi connectivity index (χ1) is 13.4. The molecule has 0 saturated carbocycles. The summed E-state index contributed by atoms with van der Waals surface area (Å²) in [5.74, 6) is 0. The second-order valence-electron chi connectivity index (χ2n) is 6.21. The van der Waals surface area contributed by atoms with E-state index < -0.39 is 0 Å². The lowest BCUT2D eigenvalue weighted by Gasteiger charge is -2.22. The molecular weight excluding hydrogens is 390 g/mol. The van der Waals surface area contributed by atoms with E-state index in [4.69, 9.17) is 9.97 Å². The number of hydrogen-bond acceptors (Lipinski definition) is 6. The summed E-state index contributed by atoms with van der Waals surface area (Å²) < 4.78 is 2.38. The van der Waals surface area contributed by atoms with Crippen molar-refractivity contribution < 1.29 is 0 Å². The molecule has 1 aliphatic rings. The normalized spacial score (nSPS) is 16.3. The Morgan fingerprint density at radius 1 is 0.852 bits per heavy atom. The molecule has 3 nitrogen and oxygen atoms in total. The molecule has 5 aromatic rings. The van der Waals surface area contributed by atoms with Gasteiger partial charge in [0.1, 0.15) is 10.4 Å². The molecule has 0 fully saturated rings. The maximum absolute atomic E-state index is 4.93. The van der Waals surface area contributed by atoms with Gasteiger partial charge in [0.25, 0.3) is 0 Å². The Morgan fingerprint density at radius 3 is 2.63 bits per heavy atom. The molecule has 0 bridgehead atoms. The van der Waals surface area contributed by atoms with Crippen molar-refractivity contribution in [3.63, 3.8) is 0 Å². The van der Waals surface area contributed by atoms with Crippen molar-refractivity contribution in [3.8, 4) is 0 Å². The van der Waals surface area contributed by atoms with Crippen LogP contribution in [-0.2, 0) is 0 Å². The number of nitrogens with zero attached hydrogens (tertiary/aromatic N) is 3. The zero-order chi connectivity index (χ0) is 17.8. The highest BCUT2D eigenvalue weighted by atomic mass is 32.2. The molecule has 1 radical (unpaired) electrons. The molecule has 1 aliphatic heterocycles. The number of hydrogen-bond donors (Lipinski definition) is 0. The summed E-state index contributed by atoms with van der Waals surface area (Å²) in [5, 5.41) is 2.20. The van der Waals surface area contributed by atoms with Crippen LogP contribution in [0.2, 0.25) is 0 Å². The Balaban J connectivity index is 1.54. The molecule has 0 aliphatic carbocycles. The molecule has 27 heavy (non-hydrogen) atoms. The highest BCUT2D eigenvalue weighted by Gasteiger charge is 2.36. The fraction of sp³-hybridized carbons (Fsp3) is 0.0476. The maximum atomic E-state index is 4.93. The summed E-state index contributed by atoms with van der Waals surface area (Å²) in [6.07, 6.45) is 0. The van der Waals surface area contributed by atoms with Crippen LogP contribution in [0.5, 0.6) is 0 Å². The van der Waals surface area contributed by atoms with Crippen molar-refractivity contribution in [2.75, 3.05) is 4.90 Å². The molecule has 3 aromatic carbocycles. The van der Waals surface area contributed by atoms with Crippen LogP contribution < -0.4 is 4.90 Å². The molecule has 3 heterocycles. The van der Waals surface area contributed by atoms with E-state index in [9.17, 15) is 0 Å². The van der Waals surface area contributed by atoms with Gasteiger partial charge in [-0.25, -0.2) is 9.97 Å². The minimum Gasteiger partial charge on any atom is -0.297 e. The van der Waals surface area contributed by atoms with E-state index in [1.807, 2.05) is 30.0 Å². The van der Waals surface area contributed by atoms with Crippen molar-refractivity contribution in [3.05, 3.63) is 77.8 Å². The van der Waals surface area contributed by atoms with Crippen LogP contribution in [0.4, 0.5) is 10.8 Å². The third-order valence-corrected chi connectivity index (χ3v) is 8.05. The number of fused-ring (bicyclic) bond motifs is 3. The molecule has 2 aromatic heterocycles. The van der Waals surface area contributed by atoms with Gasteiger partial charge in [0.2, 0.25) is 0 Å². The number of para-hydroxylation sites is 3. The van der Waals surface area contributed by atoms with Crippen molar-refractivity contribution in [1.82, 2.24) is 9.97 Å². The van der Waals surface area contributed by atoms with Crippen molar-refractivity contribution in [1.29, 1.82) is 0 Å². The van der Waals surface area contributed by atoms with Gasteiger partial charge in [-0.05, 0) is 30.3 Å². The molecule has 0 saturated heterocycles.